The van der Waals surface area contributed by atoms with Crippen LogP contribution < -0.4 is 10.1 Å². The third-order valence-corrected chi connectivity index (χ3v) is 4.91. The van der Waals surface area contributed by atoms with Gasteiger partial charge < -0.3 is 19.9 Å². The molecule has 7 nitrogen and oxygen atoms in total. The van der Waals surface area contributed by atoms with Gasteiger partial charge in [-0.2, -0.15) is 0 Å². The molecule has 0 unspecified atom stereocenters. The number of nitrogens with one attached hydrogen (secondary N) is 1. The van der Waals surface area contributed by atoms with Gasteiger partial charge in [-0.05, 0) is 24.5 Å². The minimum atomic E-state index is -0.627. The number of benzene rings is 1. The maximum atomic E-state index is 12.9. The number of carbonyl (C=O) groups excluding carboxylic acids is 3. The monoisotopic (exact) mass is 359 g/mol. The Hall–Kier alpha value is -2.57. The second-order valence-electron chi connectivity index (χ2n) is 7.19. The number of hydrogen-bond donors (Lipinski definition) is 1. The van der Waals surface area contributed by atoms with Gasteiger partial charge in [0.25, 0.3) is 5.91 Å². The molecule has 2 saturated heterocycles. The molecule has 0 saturated carbocycles. The molecule has 0 radical (unpaired) electrons. The van der Waals surface area contributed by atoms with Crippen LogP contribution >= 0.6 is 0 Å². The summed E-state index contributed by atoms with van der Waals surface area (Å²) in [6.45, 7) is 5.01. The average molecular weight is 359 g/mol. The van der Waals surface area contributed by atoms with Gasteiger partial charge in [-0.3, -0.25) is 14.4 Å². The van der Waals surface area contributed by atoms with Gasteiger partial charge in [-0.15, -0.1) is 0 Å². The van der Waals surface area contributed by atoms with Crippen molar-refractivity contribution in [2.45, 2.75) is 32.4 Å². The fraction of sp³-hybridized carbons (Fsp3) is 0.526. The van der Waals surface area contributed by atoms with E-state index in [9.17, 15) is 14.4 Å². The van der Waals surface area contributed by atoms with Gasteiger partial charge in [-0.25, -0.2) is 0 Å². The Kier molecular flexibility index (Phi) is 5.15. The second kappa shape index (κ2) is 7.35. The van der Waals surface area contributed by atoms with Gasteiger partial charge in [0.1, 0.15) is 17.8 Å². The van der Waals surface area contributed by atoms with Crippen LogP contribution in [0.3, 0.4) is 0 Å². The molecule has 7 heteroatoms. The number of hydrogen-bond acceptors (Lipinski definition) is 4. The smallest absolute Gasteiger partial charge is 0.257 e. The predicted molar refractivity (Wildman–Crippen MR) is 95.8 cm³/mol. The Bertz CT molecular complexity index is 718. The second-order valence-corrected chi connectivity index (χ2v) is 7.19. The van der Waals surface area contributed by atoms with E-state index in [1.165, 1.54) is 7.11 Å². The standard InChI is InChI=1S/C19H25N3O4/c1-12(2)10-14-19(25)22-9-8-21(11-15(22)17(23)20-14)18(24)13-6-4-5-7-16(13)26-3/h4-7,12,14-15H,8-11H2,1-3H3,(H,20,23)/t14-,15+/m0/s1. The summed E-state index contributed by atoms with van der Waals surface area (Å²) in [6, 6.07) is 5.93. The van der Waals surface area contributed by atoms with Crippen molar-refractivity contribution in [3.63, 3.8) is 0 Å². The van der Waals surface area contributed by atoms with E-state index in [0.717, 1.165) is 0 Å². The lowest BCUT2D eigenvalue weighted by Crippen LogP contribution is -2.69. The van der Waals surface area contributed by atoms with Crippen LogP contribution in [0.5, 0.6) is 5.75 Å². The number of fused-ring (bicyclic) bond motifs is 1. The van der Waals surface area contributed by atoms with Crippen LogP contribution in [0.25, 0.3) is 0 Å². The van der Waals surface area contributed by atoms with Crippen LogP contribution in [0.4, 0.5) is 0 Å². The fourth-order valence-corrected chi connectivity index (χ4v) is 3.61. The molecular weight excluding hydrogens is 334 g/mol. The molecule has 2 heterocycles. The summed E-state index contributed by atoms with van der Waals surface area (Å²) >= 11 is 0. The number of para-hydroxylation sites is 1. The number of piperazine rings is 2. The third-order valence-electron chi connectivity index (χ3n) is 4.91. The largest absolute Gasteiger partial charge is 0.496 e. The number of ether oxygens (including phenoxy) is 1. The first-order valence-electron chi connectivity index (χ1n) is 8.95. The molecule has 2 aliphatic heterocycles. The zero-order valence-electron chi connectivity index (χ0n) is 15.4. The van der Waals surface area contributed by atoms with Crippen LogP contribution in [0.2, 0.25) is 0 Å². The van der Waals surface area contributed by atoms with E-state index < -0.39 is 12.1 Å². The molecule has 2 aliphatic rings. The van der Waals surface area contributed by atoms with Crippen LogP contribution in [0, 0.1) is 5.92 Å². The highest BCUT2D eigenvalue weighted by Gasteiger charge is 2.44. The Morgan fingerprint density at radius 1 is 1.27 bits per heavy atom. The summed E-state index contributed by atoms with van der Waals surface area (Å²) in [5.74, 6) is 0.391. The zero-order valence-corrected chi connectivity index (χ0v) is 15.4. The molecule has 1 aromatic carbocycles. The van der Waals surface area contributed by atoms with E-state index in [4.69, 9.17) is 4.74 Å². The lowest BCUT2D eigenvalue weighted by molar-refractivity contribution is -0.152. The summed E-state index contributed by atoms with van der Waals surface area (Å²) in [4.78, 5) is 41.3. The molecule has 2 atom stereocenters. The van der Waals surface area contributed by atoms with Gasteiger partial charge in [-0.1, -0.05) is 26.0 Å². The molecule has 1 N–H and O–H groups in total. The first-order valence-corrected chi connectivity index (χ1v) is 8.95. The number of carbonyl (C=O) groups is 3. The number of rotatable bonds is 4. The number of amides is 3. The van der Waals surface area contributed by atoms with E-state index in [1.807, 2.05) is 13.8 Å². The lowest BCUT2D eigenvalue weighted by Gasteiger charge is -2.45. The first kappa shape index (κ1) is 18.2. The van der Waals surface area contributed by atoms with Crippen molar-refractivity contribution in [1.82, 2.24) is 15.1 Å². The zero-order chi connectivity index (χ0) is 18.8. The highest BCUT2D eigenvalue weighted by atomic mass is 16.5. The maximum Gasteiger partial charge on any atom is 0.257 e. The van der Waals surface area contributed by atoms with Crippen molar-refractivity contribution >= 4 is 17.7 Å². The molecular formula is C19H25N3O4. The summed E-state index contributed by atoms with van der Waals surface area (Å²) in [5, 5.41) is 2.83. The summed E-state index contributed by atoms with van der Waals surface area (Å²) < 4.78 is 5.26. The Morgan fingerprint density at radius 2 is 2.00 bits per heavy atom. The van der Waals surface area contributed by atoms with Gasteiger partial charge in [0.15, 0.2) is 0 Å². The molecule has 140 valence electrons. The number of nitrogens with zero attached hydrogens (tertiary/aromatic N) is 2. The normalized spacial score (nSPS) is 22.9. The highest BCUT2D eigenvalue weighted by molar-refractivity contribution is 6.00. The third kappa shape index (κ3) is 3.38. The van der Waals surface area contributed by atoms with E-state index in [0.29, 0.717) is 36.7 Å². The van der Waals surface area contributed by atoms with E-state index in [1.54, 1.807) is 34.1 Å². The molecule has 3 amide bonds. The number of methoxy groups -OCH3 is 1. The average Bonchev–Trinajstić information content (AvgIpc) is 2.64. The molecule has 2 fully saturated rings. The van der Waals surface area contributed by atoms with Crippen molar-refractivity contribution < 1.29 is 19.1 Å². The van der Waals surface area contributed by atoms with Gasteiger partial charge in [0.05, 0.1) is 19.2 Å². The van der Waals surface area contributed by atoms with Gasteiger partial charge in [0, 0.05) is 13.1 Å². The van der Waals surface area contributed by atoms with Crippen molar-refractivity contribution in [1.29, 1.82) is 0 Å². The van der Waals surface area contributed by atoms with Crippen molar-refractivity contribution in [3.05, 3.63) is 29.8 Å². The minimum Gasteiger partial charge on any atom is -0.496 e. The SMILES string of the molecule is COc1ccccc1C(=O)N1CCN2C(=O)[C@H](CC(C)C)NC(=O)[C@H]2C1. The van der Waals surface area contributed by atoms with Crippen molar-refractivity contribution in [2.75, 3.05) is 26.7 Å². The van der Waals surface area contributed by atoms with Crippen LogP contribution in [0.1, 0.15) is 30.6 Å². The van der Waals surface area contributed by atoms with E-state index in [-0.39, 0.29) is 24.3 Å². The maximum absolute atomic E-state index is 12.9. The minimum absolute atomic E-state index is 0.0484. The predicted octanol–water partition coefficient (Wildman–Crippen LogP) is 0.893. The van der Waals surface area contributed by atoms with E-state index >= 15 is 0 Å². The molecule has 3 rings (SSSR count). The summed E-state index contributed by atoms with van der Waals surface area (Å²) in [5.41, 5.74) is 0.462. The van der Waals surface area contributed by atoms with Crippen molar-refractivity contribution in [2.24, 2.45) is 5.92 Å². The Balaban J connectivity index is 1.75. The molecule has 26 heavy (non-hydrogen) atoms. The highest BCUT2D eigenvalue weighted by Crippen LogP contribution is 2.23. The fourth-order valence-electron chi connectivity index (χ4n) is 3.61. The quantitative estimate of drug-likeness (QED) is 0.866. The Labute approximate surface area is 153 Å². The first-order chi connectivity index (χ1) is 12.4. The molecule has 0 bridgehead atoms. The van der Waals surface area contributed by atoms with Crippen LogP contribution in [-0.2, 0) is 9.59 Å². The molecule has 1 aromatic rings. The van der Waals surface area contributed by atoms with Crippen LogP contribution in [0.15, 0.2) is 24.3 Å². The summed E-state index contributed by atoms with van der Waals surface area (Å²) in [6.07, 6.45) is 0.623. The topological polar surface area (TPSA) is 79.0 Å². The van der Waals surface area contributed by atoms with Crippen LogP contribution in [-0.4, -0.2) is 66.3 Å². The Morgan fingerprint density at radius 3 is 2.69 bits per heavy atom. The molecule has 0 spiro atoms. The van der Waals surface area contributed by atoms with Gasteiger partial charge in [0.2, 0.25) is 11.8 Å². The van der Waals surface area contributed by atoms with Crippen molar-refractivity contribution in [3.8, 4) is 5.75 Å². The molecule has 0 aromatic heterocycles. The summed E-state index contributed by atoms with van der Waals surface area (Å²) in [7, 11) is 1.52. The molecule has 0 aliphatic carbocycles. The van der Waals surface area contributed by atoms with E-state index in [2.05, 4.69) is 5.32 Å². The lowest BCUT2D eigenvalue weighted by atomic mass is 9.97. The van der Waals surface area contributed by atoms with Gasteiger partial charge >= 0.3 is 0 Å².